The van der Waals surface area contributed by atoms with Crippen molar-refractivity contribution < 1.29 is 18.4 Å². The minimum absolute atomic E-state index is 0.0121. The number of hydrogen-bond donors (Lipinski definition) is 2. The number of carbonyl (C=O) groups excluding carboxylic acids is 2. The lowest BCUT2D eigenvalue weighted by Crippen LogP contribution is -2.29. The first-order valence-electron chi connectivity index (χ1n) is 13.7. The van der Waals surface area contributed by atoms with Crippen LogP contribution in [0.25, 0.3) is 6.08 Å². The number of hydrogen-bond acceptors (Lipinski definition) is 3. The fourth-order valence-electron chi connectivity index (χ4n) is 4.20. The SMILES string of the molecule is CC(F)(F)c1ccc(Cl)cc1.CC/C=C(C)/C(=C\c1ccc(CNC=C2CC2)cc1C)C(CCC=O)C(=O)NC. The molecule has 0 spiro atoms. The number of rotatable bonds is 12. The summed E-state index contributed by atoms with van der Waals surface area (Å²) in [5.74, 6) is -3.16. The number of allylic oxidation sites excluding steroid dienone is 3. The lowest BCUT2D eigenvalue weighted by atomic mass is 9.86. The summed E-state index contributed by atoms with van der Waals surface area (Å²) in [5, 5.41) is 6.61. The third-order valence-electron chi connectivity index (χ3n) is 6.62. The molecule has 0 aromatic heterocycles. The van der Waals surface area contributed by atoms with E-state index in [1.54, 1.807) is 7.05 Å². The highest BCUT2D eigenvalue weighted by molar-refractivity contribution is 6.30. The Morgan fingerprint density at radius 1 is 1.15 bits per heavy atom. The smallest absolute Gasteiger partial charge is 0.270 e. The van der Waals surface area contributed by atoms with E-state index in [1.165, 1.54) is 53.8 Å². The van der Waals surface area contributed by atoms with E-state index in [-0.39, 0.29) is 17.4 Å². The van der Waals surface area contributed by atoms with E-state index in [0.29, 0.717) is 17.9 Å². The molecule has 2 aromatic carbocycles. The number of halogens is 3. The first-order valence-corrected chi connectivity index (χ1v) is 14.1. The number of alkyl halides is 2. The zero-order chi connectivity index (χ0) is 29.7. The lowest BCUT2D eigenvalue weighted by molar-refractivity contribution is -0.123. The predicted octanol–water partition coefficient (Wildman–Crippen LogP) is 8.30. The summed E-state index contributed by atoms with van der Waals surface area (Å²) in [7, 11) is 1.65. The topological polar surface area (TPSA) is 58.2 Å². The second-order valence-corrected chi connectivity index (χ2v) is 10.5. The highest BCUT2D eigenvalue weighted by Crippen LogP contribution is 2.29. The molecule has 1 aliphatic rings. The first-order chi connectivity index (χ1) is 19.0. The van der Waals surface area contributed by atoms with E-state index in [0.717, 1.165) is 42.9 Å². The molecule has 0 bridgehead atoms. The molecule has 216 valence electrons. The van der Waals surface area contributed by atoms with E-state index in [4.69, 9.17) is 11.6 Å². The molecule has 2 N–H and O–H groups in total. The molecule has 1 aliphatic carbocycles. The maximum absolute atomic E-state index is 12.6. The van der Waals surface area contributed by atoms with Crippen LogP contribution >= 0.6 is 11.6 Å². The van der Waals surface area contributed by atoms with Crippen molar-refractivity contribution >= 4 is 29.9 Å². The van der Waals surface area contributed by atoms with E-state index in [2.05, 4.69) is 61.0 Å². The highest BCUT2D eigenvalue weighted by Gasteiger charge is 2.24. The molecule has 0 aliphatic heterocycles. The van der Waals surface area contributed by atoms with E-state index >= 15 is 0 Å². The molecule has 2 aromatic rings. The van der Waals surface area contributed by atoms with Gasteiger partial charge in [-0.15, -0.1) is 0 Å². The van der Waals surface area contributed by atoms with Gasteiger partial charge in [0, 0.05) is 37.5 Å². The summed E-state index contributed by atoms with van der Waals surface area (Å²) in [6.07, 6.45) is 11.5. The molecule has 1 atom stereocenters. The van der Waals surface area contributed by atoms with Gasteiger partial charge in [0.1, 0.15) is 6.29 Å². The van der Waals surface area contributed by atoms with Gasteiger partial charge in [-0.1, -0.05) is 72.2 Å². The number of aldehydes is 1. The molecule has 1 amide bonds. The molecule has 0 saturated heterocycles. The summed E-state index contributed by atoms with van der Waals surface area (Å²) in [5.41, 5.74) is 7.07. The fraction of sp³-hybridized carbons (Fsp3) is 0.394. The molecular weight excluding hydrogens is 530 g/mol. The van der Waals surface area contributed by atoms with Crippen molar-refractivity contribution in [1.82, 2.24) is 10.6 Å². The average Bonchev–Trinajstić information content (AvgIpc) is 3.74. The summed E-state index contributed by atoms with van der Waals surface area (Å²) in [6, 6.07) is 12.0. The second-order valence-electron chi connectivity index (χ2n) is 10.1. The van der Waals surface area contributed by atoms with Crippen LogP contribution in [0.2, 0.25) is 5.02 Å². The summed E-state index contributed by atoms with van der Waals surface area (Å²) < 4.78 is 25.1. The Balaban J connectivity index is 0.000000425. The first kappa shape index (κ1) is 33.0. The van der Waals surface area contributed by atoms with Gasteiger partial charge in [-0.25, -0.2) is 8.78 Å². The summed E-state index contributed by atoms with van der Waals surface area (Å²) in [6.45, 7) is 7.91. The second kappa shape index (κ2) is 16.1. The molecule has 40 heavy (non-hydrogen) atoms. The van der Waals surface area contributed by atoms with Gasteiger partial charge in [-0.2, -0.15) is 0 Å². The van der Waals surface area contributed by atoms with Gasteiger partial charge in [0.2, 0.25) is 5.91 Å². The number of nitrogens with one attached hydrogen (secondary N) is 2. The van der Waals surface area contributed by atoms with Gasteiger partial charge in [0.25, 0.3) is 5.92 Å². The van der Waals surface area contributed by atoms with Crippen LogP contribution in [0.1, 0.15) is 75.1 Å². The molecule has 1 unspecified atom stereocenters. The number of benzene rings is 2. The summed E-state index contributed by atoms with van der Waals surface area (Å²) in [4.78, 5) is 23.5. The van der Waals surface area contributed by atoms with Crippen LogP contribution in [-0.4, -0.2) is 19.2 Å². The van der Waals surface area contributed by atoms with E-state index in [1.807, 2.05) is 6.92 Å². The lowest BCUT2D eigenvalue weighted by Gasteiger charge is -2.20. The molecule has 1 saturated carbocycles. The minimum atomic E-state index is -2.77. The van der Waals surface area contributed by atoms with Gasteiger partial charge < -0.3 is 15.4 Å². The number of carbonyl (C=O) groups is 2. The van der Waals surface area contributed by atoms with Gasteiger partial charge in [-0.05, 0) is 80.1 Å². The van der Waals surface area contributed by atoms with Crippen LogP contribution in [0.15, 0.2) is 71.5 Å². The van der Waals surface area contributed by atoms with Crippen LogP contribution in [0.4, 0.5) is 8.78 Å². The third kappa shape index (κ3) is 11.1. The van der Waals surface area contributed by atoms with Crippen molar-refractivity contribution in [3.8, 4) is 0 Å². The Morgan fingerprint density at radius 3 is 2.35 bits per heavy atom. The molecule has 0 radical (unpaired) electrons. The molecular formula is C33H41ClF2N2O2. The molecule has 4 nitrogen and oxygen atoms in total. The van der Waals surface area contributed by atoms with Gasteiger partial charge in [0.05, 0.1) is 5.92 Å². The average molecular weight is 571 g/mol. The fourth-order valence-corrected chi connectivity index (χ4v) is 4.33. The van der Waals surface area contributed by atoms with Crippen LogP contribution < -0.4 is 10.6 Å². The van der Waals surface area contributed by atoms with E-state index in [9.17, 15) is 18.4 Å². The van der Waals surface area contributed by atoms with Gasteiger partial charge in [-0.3, -0.25) is 4.79 Å². The van der Waals surface area contributed by atoms with Crippen molar-refractivity contribution in [2.24, 2.45) is 5.92 Å². The minimum Gasteiger partial charge on any atom is -0.387 e. The van der Waals surface area contributed by atoms with Crippen molar-refractivity contribution in [2.75, 3.05) is 7.05 Å². The van der Waals surface area contributed by atoms with Crippen molar-refractivity contribution in [3.63, 3.8) is 0 Å². The van der Waals surface area contributed by atoms with Gasteiger partial charge >= 0.3 is 0 Å². The number of aryl methyl sites for hydroxylation is 1. The zero-order valence-electron chi connectivity index (χ0n) is 24.1. The monoisotopic (exact) mass is 570 g/mol. The third-order valence-corrected chi connectivity index (χ3v) is 6.88. The standard InChI is InChI=1S/C25H34N2O2.C8H7ClF2/c1-5-7-18(2)24(23(8-6-13-28)25(29)26-4)15-22-12-11-21(14-19(22)3)17-27-16-20-9-10-20;1-8(10,11)6-2-4-7(9)5-3-6/h7,11-16,23,27H,5-6,8-10,17H2,1-4H3,(H,26,29);2-5H,1H3/b18-7+,24-15+;. The molecule has 7 heteroatoms. The van der Waals surface area contributed by atoms with Gasteiger partial charge in [0.15, 0.2) is 0 Å². The molecule has 3 rings (SSSR count). The Kier molecular flexibility index (Phi) is 13.3. The molecule has 0 heterocycles. The Labute approximate surface area is 242 Å². The van der Waals surface area contributed by atoms with Crippen molar-refractivity contribution in [2.45, 2.75) is 72.3 Å². The number of amides is 1. The maximum atomic E-state index is 12.6. The van der Waals surface area contributed by atoms with Crippen molar-refractivity contribution in [3.05, 3.63) is 98.7 Å². The van der Waals surface area contributed by atoms with Crippen LogP contribution in [-0.2, 0) is 22.1 Å². The predicted molar refractivity (Wildman–Crippen MR) is 161 cm³/mol. The Morgan fingerprint density at radius 2 is 1.82 bits per heavy atom. The maximum Gasteiger partial charge on any atom is 0.270 e. The van der Waals surface area contributed by atoms with Crippen LogP contribution in [0, 0.1) is 12.8 Å². The van der Waals surface area contributed by atoms with Crippen LogP contribution in [0.3, 0.4) is 0 Å². The highest BCUT2D eigenvalue weighted by atomic mass is 35.5. The Bertz CT molecular complexity index is 1220. The molecule has 1 fully saturated rings. The van der Waals surface area contributed by atoms with Crippen LogP contribution in [0.5, 0.6) is 0 Å². The zero-order valence-corrected chi connectivity index (χ0v) is 24.9. The quantitative estimate of drug-likeness (QED) is 0.199. The normalized spacial score (nSPS) is 14.1. The van der Waals surface area contributed by atoms with E-state index < -0.39 is 5.92 Å². The van der Waals surface area contributed by atoms with Crippen molar-refractivity contribution in [1.29, 1.82) is 0 Å². The Hall–Kier alpha value is -3.25. The summed E-state index contributed by atoms with van der Waals surface area (Å²) >= 11 is 5.52. The largest absolute Gasteiger partial charge is 0.387 e.